The van der Waals surface area contributed by atoms with Crippen molar-refractivity contribution in [2.45, 2.75) is 44.2 Å². The molecule has 0 aromatic heterocycles. The molecule has 2 aliphatic rings. The molecule has 0 bridgehead atoms. The highest BCUT2D eigenvalue weighted by Gasteiger charge is 2.36. The Hall–Kier alpha value is -1.30. The van der Waals surface area contributed by atoms with Crippen molar-refractivity contribution in [1.29, 1.82) is 0 Å². The number of nitrogens with zero attached hydrogens (tertiary/aromatic N) is 3. The lowest BCUT2D eigenvalue weighted by Crippen LogP contribution is -2.52. The van der Waals surface area contributed by atoms with E-state index >= 15 is 0 Å². The number of likely N-dealkylation sites (tertiary alicyclic amines) is 1. The van der Waals surface area contributed by atoms with Gasteiger partial charge in [0, 0.05) is 31.7 Å². The number of carbonyl (C=O) groups is 2. The Morgan fingerprint density at radius 1 is 1.20 bits per heavy atom. The molecule has 6 nitrogen and oxygen atoms in total. The summed E-state index contributed by atoms with van der Waals surface area (Å²) in [6, 6.07) is 0.704. The van der Waals surface area contributed by atoms with E-state index in [1.165, 1.54) is 0 Å². The average Bonchev–Trinajstić information content (AvgIpc) is 3.23. The van der Waals surface area contributed by atoms with E-state index in [9.17, 15) is 9.59 Å². The first-order valence-corrected chi connectivity index (χ1v) is 7.43. The molecule has 1 aliphatic heterocycles. The maximum atomic E-state index is 12.6. The third-order valence-corrected chi connectivity index (χ3v) is 4.20. The molecule has 1 aliphatic carbocycles. The van der Waals surface area contributed by atoms with E-state index in [4.69, 9.17) is 5.11 Å². The molecule has 1 saturated heterocycles. The Morgan fingerprint density at radius 3 is 2.45 bits per heavy atom. The van der Waals surface area contributed by atoms with Crippen LogP contribution < -0.4 is 0 Å². The summed E-state index contributed by atoms with van der Waals surface area (Å²) < 4.78 is 0. The minimum Gasteiger partial charge on any atom is -0.481 e. The van der Waals surface area contributed by atoms with Gasteiger partial charge in [-0.2, -0.15) is 0 Å². The van der Waals surface area contributed by atoms with Gasteiger partial charge in [-0.25, -0.2) is 4.79 Å². The zero-order valence-electron chi connectivity index (χ0n) is 12.4. The number of amides is 2. The van der Waals surface area contributed by atoms with Gasteiger partial charge in [0.1, 0.15) is 0 Å². The maximum absolute atomic E-state index is 12.6. The Labute approximate surface area is 120 Å². The summed E-state index contributed by atoms with van der Waals surface area (Å²) in [5.74, 6) is -0.840. The van der Waals surface area contributed by atoms with Crippen LogP contribution >= 0.6 is 0 Å². The van der Waals surface area contributed by atoms with Gasteiger partial charge >= 0.3 is 12.0 Å². The minimum atomic E-state index is -0.840. The van der Waals surface area contributed by atoms with Crippen LogP contribution in [-0.4, -0.2) is 77.6 Å². The molecule has 1 heterocycles. The summed E-state index contributed by atoms with van der Waals surface area (Å²) in [6.07, 6.45) is 4.20. The van der Waals surface area contributed by atoms with Crippen molar-refractivity contribution in [2.75, 3.05) is 33.7 Å². The summed E-state index contributed by atoms with van der Waals surface area (Å²) >= 11 is 0. The van der Waals surface area contributed by atoms with Gasteiger partial charge in [0.15, 0.2) is 0 Å². The van der Waals surface area contributed by atoms with Crippen molar-refractivity contribution in [1.82, 2.24) is 14.7 Å². The van der Waals surface area contributed by atoms with Crippen molar-refractivity contribution in [3.63, 3.8) is 0 Å². The average molecular weight is 283 g/mol. The van der Waals surface area contributed by atoms with Crippen LogP contribution in [0.15, 0.2) is 0 Å². The fourth-order valence-corrected chi connectivity index (χ4v) is 2.77. The molecule has 6 heteroatoms. The number of likely N-dealkylation sites (N-methyl/N-ethyl adjacent to an activating group) is 1. The monoisotopic (exact) mass is 283 g/mol. The van der Waals surface area contributed by atoms with Crippen LogP contribution in [0.25, 0.3) is 0 Å². The molecule has 2 rings (SSSR count). The Bertz CT molecular complexity index is 369. The van der Waals surface area contributed by atoms with Gasteiger partial charge in [0.25, 0.3) is 0 Å². The molecule has 114 valence electrons. The fourth-order valence-electron chi connectivity index (χ4n) is 2.77. The van der Waals surface area contributed by atoms with E-state index in [0.717, 1.165) is 38.8 Å². The van der Waals surface area contributed by atoms with Gasteiger partial charge in [0.2, 0.25) is 0 Å². The largest absolute Gasteiger partial charge is 0.481 e. The van der Waals surface area contributed by atoms with E-state index in [-0.39, 0.29) is 18.5 Å². The molecule has 0 spiro atoms. The second-order valence-corrected chi connectivity index (χ2v) is 6.06. The highest BCUT2D eigenvalue weighted by atomic mass is 16.4. The summed E-state index contributed by atoms with van der Waals surface area (Å²) in [5.41, 5.74) is 0. The van der Waals surface area contributed by atoms with E-state index < -0.39 is 5.97 Å². The van der Waals surface area contributed by atoms with Crippen molar-refractivity contribution in [3.05, 3.63) is 0 Å². The predicted molar refractivity (Wildman–Crippen MR) is 75.7 cm³/mol. The molecule has 1 N–H and O–H groups in total. The number of carbonyl (C=O) groups excluding carboxylic acids is 1. The molecule has 1 saturated carbocycles. The van der Waals surface area contributed by atoms with E-state index in [1.807, 2.05) is 19.0 Å². The zero-order valence-corrected chi connectivity index (χ0v) is 12.4. The first kappa shape index (κ1) is 15.1. The number of carboxylic acid groups (broad SMARTS) is 1. The SMILES string of the molecule is CN(C)C1CCCN(C(=O)N(CCC(=O)O)C2CC2)C1. The molecule has 0 aromatic carbocycles. The molecule has 0 radical (unpaired) electrons. The second-order valence-electron chi connectivity index (χ2n) is 6.06. The number of carboxylic acids is 1. The summed E-state index contributed by atoms with van der Waals surface area (Å²) in [4.78, 5) is 29.2. The molecule has 2 amide bonds. The highest BCUT2D eigenvalue weighted by molar-refractivity contribution is 5.76. The first-order chi connectivity index (χ1) is 9.49. The summed E-state index contributed by atoms with van der Waals surface area (Å²) in [7, 11) is 4.09. The number of urea groups is 1. The topological polar surface area (TPSA) is 64.1 Å². The maximum Gasteiger partial charge on any atom is 0.320 e. The van der Waals surface area contributed by atoms with Crippen molar-refractivity contribution >= 4 is 12.0 Å². The van der Waals surface area contributed by atoms with E-state index in [0.29, 0.717) is 12.6 Å². The van der Waals surface area contributed by atoms with Gasteiger partial charge in [-0.15, -0.1) is 0 Å². The van der Waals surface area contributed by atoms with Crippen LogP contribution in [0.3, 0.4) is 0 Å². The predicted octanol–water partition coefficient (Wildman–Crippen LogP) is 1.07. The van der Waals surface area contributed by atoms with Crippen LogP contribution in [0.1, 0.15) is 32.1 Å². The van der Waals surface area contributed by atoms with Crippen molar-refractivity contribution < 1.29 is 14.7 Å². The van der Waals surface area contributed by atoms with Gasteiger partial charge in [-0.3, -0.25) is 4.79 Å². The molecule has 2 fully saturated rings. The smallest absolute Gasteiger partial charge is 0.320 e. The molecular weight excluding hydrogens is 258 g/mol. The van der Waals surface area contributed by atoms with Crippen LogP contribution in [0.2, 0.25) is 0 Å². The molecule has 20 heavy (non-hydrogen) atoms. The first-order valence-electron chi connectivity index (χ1n) is 7.43. The normalized spacial score (nSPS) is 22.9. The molecular formula is C14H25N3O3. The molecule has 1 atom stereocenters. The third-order valence-electron chi connectivity index (χ3n) is 4.20. The standard InChI is InChI=1S/C14H25N3O3/c1-15(2)12-4-3-8-16(10-12)14(20)17(11-5-6-11)9-7-13(18)19/h11-12H,3-10H2,1-2H3,(H,18,19). The molecule has 1 unspecified atom stereocenters. The van der Waals surface area contributed by atoms with Crippen LogP contribution in [0, 0.1) is 0 Å². The van der Waals surface area contributed by atoms with Gasteiger partial charge in [0.05, 0.1) is 6.42 Å². The highest BCUT2D eigenvalue weighted by Crippen LogP contribution is 2.28. The second kappa shape index (κ2) is 6.43. The van der Waals surface area contributed by atoms with Crippen LogP contribution in [0.4, 0.5) is 4.79 Å². The lowest BCUT2D eigenvalue weighted by Gasteiger charge is -2.38. The third kappa shape index (κ3) is 3.85. The quantitative estimate of drug-likeness (QED) is 0.820. The van der Waals surface area contributed by atoms with Gasteiger partial charge in [-0.05, 0) is 39.8 Å². The van der Waals surface area contributed by atoms with Gasteiger partial charge in [-0.1, -0.05) is 0 Å². The summed E-state index contributed by atoms with van der Waals surface area (Å²) in [6.45, 7) is 1.88. The van der Waals surface area contributed by atoms with Crippen LogP contribution in [-0.2, 0) is 4.79 Å². The van der Waals surface area contributed by atoms with Gasteiger partial charge < -0.3 is 19.8 Å². The zero-order chi connectivity index (χ0) is 14.7. The van der Waals surface area contributed by atoms with E-state index in [2.05, 4.69) is 4.90 Å². The van der Waals surface area contributed by atoms with Crippen molar-refractivity contribution in [3.8, 4) is 0 Å². The Morgan fingerprint density at radius 2 is 1.90 bits per heavy atom. The lowest BCUT2D eigenvalue weighted by molar-refractivity contribution is -0.137. The fraction of sp³-hybridized carbons (Fsp3) is 0.857. The number of aliphatic carboxylic acids is 1. The lowest BCUT2D eigenvalue weighted by atomic mass is 10.1. The Balaban J connectivity index is 1.94. The number of piperidine rings is 1. The number of rotatable bonds is 5. The molecule has 0 aromatic rings. The van der Waals surface area contributed by atoms with Crippen molar-refractivity contribution in [2.24, 2.45) is 0 Å². The number of hydrogen-bond acceptors (Lipinski definition) is 3. The number of hydrogen-bond donors (Lipinski definition) is 1. The van der Waals surface area contributed by atoms with E-state index in [1.54, 1.807) is 4.90 Å². The minimum absolute atomic E-state index is 0.0281. The summed E-state index contributed by atoms with van der Waals surface area (Å²) in [5, 5.41) is 8.81. The Kier molecular flexibility index (Phi) is 4.86. The van der Waals surface area contributed by atoms with Crippen LogP contribution in [0.5, 0.6) is 0 Å².